The van der Waals surface area contributed by atoms with Crippen molar-refractivity contribution in [2.45, 2.75) is 12.8 Å². The molecule has 0 aliphatic rings. The molecule has 0 radical (unpaired) electrons. The predicted molar refractivity (Wildman–Crippen MR) is 71.4 cm³/mol. The highest BCUT2D eigenvalue weighted by atomic mass is 15.3. The average Bonchev–Trinajstić information content (AvgIpc) is 2.44. The third kappa shape index (κ3) is 9.57. The van der Waals surface area contributed by atoms with E-state index in [4.69, 9.17) is 23.7 Å². The Balaban J connectivity index is 4.35. The summed E-state index contributed by atoms with van der Waals surface area (Å²) in [7, 11) is 0. The molecule has 0 unspecified atom stereocenters. The third-order valence-electron chi connectivity index (χ3n) is 2.54. The summed E-state index contributed by atoms with van der Waals surface area (Å²) in [5.41, 5.74) is 0. The summed E-state index contributed by atoms with van der Waals surface area (Å²) in [6.07, 6.45) is 0.843. The largest absolute Gasteiger partial charge is 0.316 e. The molecule has 0 aliphatic heterocycles. The van der Waals surface area contributed by atoms with Crippen LogP contribution in [-0.4, -0.2) is 55.7 Å². The van der Waals surface area contributed by atoms with Crippen LogP contribution in [0.15, 0.2) is 0 Å². The highest BCUT2D eigenvalue weighted by molar-refractivity contribution is 4.78. The second-order valence-electron chi connectivity index (χ2n) is 3.96. The van der Waals surface area contributed by atoms with E-state index in [1.54, 1.807) is 0 Å². The van der Waals surface area contributed by atoms with E-state index in [-0.39, 0.29) is 0 Å². The molecule has 0 aromatic carbocycles. The van der Waals surface area contributed by atoms with Gasteiger partial charge in [0, 0.05) is 25.9 Å². The first kappa shape index (κ1) is 16.9. The van der Waals surface area contributed by atoms with Crippen molar-refractivity contribution >= 4 is 0 Å². The van der Waals surface area contributed by atoms with Gasteiger partial charge in [0.2, 0.25) is 13.1 Å². The van der Waals surface area contributed by atoms with Crippen molar-refractivity contribution < 1.29 is 0 Å². The number of hydrogen-bond donors (Lipinski definition) is 0. The quantitative estimate of drug-likeness (QED) is 0.436. The summed E-state index contributed by atoms with van der Waals surface area (Å²) < 4.78 is 0. The maximum atomic E-state index is 8.62. The molecule has 0 heterocycles. The Hall–Kier alpha value is -2.12. The summed E-state index contributed by atoms with van der Waals surface area (Å²) in [6.45, 7) is 17.5. The summed E-state index contributed by atoms with van der Waals surface area (Å²) in [5, 5.41) is 17.2. The Bertz CT molecular complexity index is 317. The van der Waals surface area contributed by atoms with Gasteiger partial charge in [0.15, 0.2) is 0 Å². The molecule has 0 fully saturated rings. The fourth-order valence-corrected chi connectivity index (χ4v) is 1.59. The van der Waals surface area contributed by atoms with Gasteiger partial charge in [-0.05, 0) is 0 Å². The molecule has 0 rings (SSSR count). The smallest absolute Gasteiger partial charge is 0.227 e. The lowest BCUT2D eigenvalue weighted by Gasteiger charge is -2.27. The third-order valence-corrected chi connectivity index (χ3v) is 2.54. The number of hydrogen-bond acceptors (Lipinski definition) is 4. The van der Waals surface area contributed by atoms with Crippen LogP contribution in [0.2, 0.25) is 0 Å². The molecular formula is C13H18N6. The van der Waals surface area contributed by atoms with Gasteiger partial charge < -0.3 is 9.69 Å². The van der Waals surface area contributed by atoms with Gasteiger partial charge in [0.1, 0.15) is 0 Å². The van der Waals surface area contributed by atoms with E-state index >= 15 is 0 Å². The SMILES string of the molecule is [C-]#[N+]CCN(CC[N+]#[C-])CN(CCC#N)CCC#N. The molecule has 0 N–H and O–H groups in total. The fraction of sp³-hybridized carbons (Fsp3) is 0.692. The van der Waals surface area contributed by atoms with Crippen LogP contribution in [0.5, 0.6) is 0 Å². The minimum atomic E-state index is 0.405. The second-order valence-corrected chi connectivity index (χ2v) is 3.96. The van der Waals surface area contributed by atoms with Crippen LogP contribution in [0.3, 0.4) is 0 Å². The molecule has 0 bridgehead atoms. The van der Waals surface area contributed by atoms with Crippen molar-refractivity contribution in [3.8, 4) is 12.1 Å². The normalized spacial score (nSPS) is 9.58. The van der Waals surface area contributed by atoms with Gasteiger partial charge in [-0.1, -0.05) is 0 Å². The van der Waals surface area contributed by atoms with Gasteiger partial charge in [-0.2, -0.15) is 10.5 Å². The Morgan fingerprint density at radius 3 is 1.58 bits per heavy atom. The molecule has 0 saturated carbocycles. The van der Waals surface area contributed by atoms with Crippen LogP contribution in [0, 0.1) is 35.8 Å². The zero-order chi connectivity index (χ0) is 14.3. The van der Waals surface area contributed by atoms with Gasteiger partial charge in [0.05, 0.1) is 31.9 Å². The molecule has 0 spiro atoms. The standard InChI is InChI=1S/C13H18N6/c1-16-7-11-19(12-8-17-2)13-18(9-3-5-14)10-4-6-15/h3-4,7-13H2. The topological polar surface area (TPSA) is 62.8 Å². The molecular weight excluding hydrogens is 240 g/mol. The monoisotopic (exact) mass is 258 g/mol. The molecule has 0 aliphatic carbocycles. The summed E-state index contributed by atoms with van der Waals surface area (Å²) in [4.78, 5) is 10.7. The van der Waals surface area contributed by atoms with Crippen LogP contribution in [0.4, 0.5) is 0 Å². The zero-order valence-corrected chi connectivity index (χ0v) is 11.0. The predicted octanol–water partition coefficient (Wildman–Crippen LogP) is 1.21. The van der Waals surface area contributed by atoms with Gasteiger partial charge in [-0.25, -0.2) is 13.1 Å². The number of rotatable bonds is 10. The van der Waals surface area contributed by atoms with Crippen LogP contribution in [0.25, 0.3) is 9.69 Å². The summed E-state index contributed by atoms with van der Waals surface area (Å²) in [6, 6.07) is 4.19. The first-order valence-corrected chi connectivity index (χ1v) is 6.13. The minimum absolute atomic E-state index is 0.405. The molecule has 6 nitrogen and oxygen atoms in total. The van der Waals surface area contributed by atoms with Gasteiger partial charge in [0.25, 0.3) is 0 Å². The number of nitrogens with zero attached hydrogens (tertiary/aromatic N) is 6. The van der Waals surface area contributed by atoms with Crippen molar-refractivity contribution in [3.05, 3.63) is 22.8 Å². The molecule has 0 aromatic rings. The van der Waals surface area contributed by atoms with Crippen molar-refractivity contribution in [2.75, 3.05) is 45.9 Å². The Morgan fingerprint density at radius 2 is 1.21 bits per heavy atom. The van der Waals surface area contributed by atoms with Crippen molar-refractivity contribution in [1.29, 1.82) is 10.5 Å². The maximum absolute atomic E-state index is 8.62. The van der Waals surface area contributed by atoms with E-state index < -0.39 is 0 Å². The van der Waals surface area contributed by atoms with Crippen LogP contribution in [-0.2, 0) is 0 Å². The van der Waals surface area contributed by atoms with E-state index in [2.05, 4.69) is 21.8 Å². The molecule has 6 heteroatoms. The van der Waals surface area contributed by atoms with Crippen LogP contribution >= 0.6 is 0 Å². The Labute approximate surface area is 115 Å². The van der Waals surface area contributed by atoms with Crippen molar-refractivity contribution in [2.24, 2.45) is 0 Å². The van der Waals surface area contributed by atoms with E-state index in [1.165, 1.54) is 0 Å². The molecule has 19 heavy (non-hydrogen) atoms. The van der Waals surface area contributed by atoms with Crippen LogP contribution < -0.4 is 0 Å². The molecule has 0 saturated heterocycles. The van der Waals surface area contributed by atoms with E-state index in [0.717, 1.165) is 0 Å². The first-order valence-electron chi connectivity index (χ1n) is 6.13. The molecule has 0 atom stereocenters. The Kier molecular flexibility index (Phi) is 11.0. The average molecular weight is 258 g/mol. The second kappa shape index (κ2) is 12.3. The highest BCUT2D eigenvalue weighted by Gasteiger charge is 2.13. The van der Waals surface area contributed by atoms with Crippen molar-refractivity contribution in [3.63, 3.8) is 0 Å². The summed E-state index contributed by atoms with van der Waals surface area (Å²) in [5.74, 6) is 0. The van der Waals surface area contributed by atoms with Gasteiger partial charge in [-0.15, -0.1) is 0 Å². The Morgan fingerprint density at radius 1 is 0.789 bits per heavy atom. The molecule has 0 amide bonds. The van der Waals surface area contributed by atoms with Crippen molar-refractivity contribution in [1.82, 2.24) is 9.80 Å². The van der Waals surface area contributed by atoms with E-state index in [9.17, 15) is 0 Å². The van der Waals surface area contributed by atoms with Gasteiger partial charge >= 0.3 is 0 Å². The highest BCUT2D eigenvalue weighted by Crippen LogP contribution is 1.99. The lowest BCUT2D eigenvalue weighted by molar-refractivity contribution is 0.144. The molecule has 0 aromatic heterocycles. The summed E-state index contributed by atoms with van der Waals surface area (Å²) >= 11 is 0. The van der Waals surface area contributed by atoms with E-state index in [1.807, 2.05) is 9.80 Å². The van der Waals surface area contributed by atoms with E-state index in [0.29, 0.717) is 58.8 Å². The molecule has 100 valence electrons. The first-order chi connectivity index (χ1) is 9.28. The fourth-order valence-electron chi connectivity index (χ4n) is 1.59. The zero-order valence-electron chi connectivity index (χ0n) is 11.0. The maximum Gasteiger partial charge on any atom is 0.227 e. The van der Waals surface area contributed by atoms with Crippen LogP contribution in [0.1, 0.15) is 12.8 Å². The lowest BCUT2D eigenvalue weighted by atomic mass is 10.3. The lowest BCUT2D eigenvalue weighted by Crippen LogP contribution is -2.41. The van der Waals surface area contributed by atoms with Gasteiger partial charge in [-0.3, -0.25) is 9.80 Å². The number of nitriles is 2. The minimum Gasteiger partial charge on any atom is -0.316 e.